The van der Waals surface area contributed by atoms with E-state index in [1.807, 2.05) is 38.1 Å². The van der Waals surface area contributed by atoms with Gasteiger partial charge in [-0.2, -0.15) is 0 Å². The first kappa shape index (κ1) is 22.2. The molecular formula is C24H26N2O5. The fourth-order valence-electron chi connectivity index (χ4n) is 3.26. The minimum absolute atomic E-state index is 0.121. The van der Waals surface area contributed by atoms with Gasteiger partial charge in [0.15, 0.2) is 6.10 Å². The largest absolute Gasteiger partial charge is 0.449 e. The number of esters is 1. The van der Waals surface area contributed by atoms with Gasteiger partial charge >= 0.3 is 5.97 Å². The maximum absolute atomic E-state index is 12.5. The summed E-state index contributed by atoms with van der Waals surface area (Å²) in [5, 5.41) is 2.73. The van der Waals surface area contributed by atoms with Gasteiger partial charge in [-0.15, -0.1) is 0 Å². The van der Waals surface area contributed by atoms with E-state index < -0.39 is 23.9 Å². The zero-order chi connectivity index (χ0) is 22.5. The van der Waals surface area contributed by atoms with Gasteiger partial charge in [0.05, 0.1) is 16.7 Å². The van der Waals surface area contributed by atoms with Gasteiger partial charge in [0.2, 0.25) is 0 Å². The number of hydrogen-bond donors (Lipinski definition) is 1. The van der Waals surface area contributed by atoms with Crippen LogP contribution in [0.2, 0.25) is 0 Å². The van der Waals surface area contributed by atoms with E-state index in [0.717, 1.165) is 24.0 Å². The molecule has 0 bridgehead atoms. The average Bonchev–Trinajstić information content (AvgIpc) is 3.00. The van der Waals surface area contributed by atoms with Crippen molar-refractivity contribution >= 4 is 23.7 Å². The summed E-state index contributed by atoms with van der Waals surface area (Å²) in [6.07, 6.45) is 0.564. The average molecular weight is 422 g/mol. The number of fused-ring (bicyclic) bond motifs is 1. The molecular weight excluding hydrogens is 396 g/mol. The lowest BCUT2D eigenvalue weighted by atomic mass is 10.1. The van der Waals surface area contributed by atoms with Crippen molar-refractivity contribution in [2.75, 3.05) is 6.54 Å². The lowest BCUT2D eigenvalue weighted by molar-refractivity contribution is -0.129. The second-order valence-electron chi connectivity index (χ2n) is 7.63. The van der Waals surface area contributed by atoms with Crippen molar-refractivity contribution < 1.29 is 23.9 Å². The summed E-state index contributed by atoms with van der Waals surface area (Å²) in [6, 6.07) is 12.0. The van der Waals surface area contributed by atoms with Crippen LogP contribution < -0.4 is 5.32 Å². The van der Waals surface area contributed by atoms with Crippen LogP contribution in [-0.4, -0.2) is 41.2 Å². The van der Waals surface area contributed by atoms with E-state index >= 15 is 0 Å². The highest BCUT2D eigenvalue weighted by molar-refractivity contribution is 6.22. The summed E-state index contributed by atoms with van der Waals surface area (Å²) in [4.78, 5) is 50.9. The standard InChI is InChI=1S/C24H26N2O5/c1-4-5-12-26-22(28)19-11-10-18(13-20(19)23(26)29)24(30)31-16(3)21(27)25-14-17-8-6-15(2)7-9-17/h6-11,13,16H,4-5,12,14H2,1-3H3,(H,25,27)/t16-/m1/s1. The van der Waals surface area contributed by atoms with Gasteiger partial charge in [-0.05, 0) is 44.0 Å². The first-order valence-corrected chi connectivity index (χ1v) is 10.4. The molecule has 7 heteroatoms. The Kier molecular flexibility index (Phi) is 6.84. The third-order valence-corrected chi connectivity index (χ3v) is 5.18. The third kappa shape index (κ3) is 4.99. The molecule has 1 aliphatic heterocycles. The number of amides is 3. The van der Waals surface area contributed by atoms with Crippen LogP contribution in [0, 0.1) is 6.92 Å². The van der Waals surface area contributed by atoms with Crippen molar-refractivity contribution in [1.29, 1.82) is 0 Å². The number of carbonyl (C=O) groups is 4. The zero-order valence-corrected chi connectivity index (χ0v) is 17.9. The van der Waals surface area contributed by atoms with Crippen LogP contribution in [0.25, 0.3) is 0 Å². The predicted molar refractivity (Wildman–Crippen MR) is 115 cm³/mol. The lowest BCUT2D eigenvalue weighted by Gasteiger charge is -2.14. The van der Waals surface area contributed by atoms with E-state index in [2.05, 4.69) is 5.32 Å². The number of carbonyl (C=O) groups excluding carboxylic acids is 4. The van der Waals surface area contributed by atoms with Gasteiger partial charge < -0.3 is 10.1 Å². The molecule has 162 valence electrons. The molecule has 0 aromatic heterocycles. The summed E-state index contributed by atoms with van der Waals surface area (Å²) in [5.41, 5.74) is 2.65. The Bertz CT molecular complexity index is 1010. The molecule has 0 radical (unpaired) electrons. The number of rotatable bonds is 8. The van der Waals surface area contributed by atoms with Crippen LogP contribution in [0.5, 0.6) is 0 Å². The summed E-state index contributed by atoms with van der Waals surface area (Å²) in [5.74, 6) is -1.91. The molecule has 1 N–H and O–H groups in total. The minimum atomic E-state index is -1.01. The number of unbranched alkanes of at least 4 members (excludes halogenated alkanes) is 1. The minimum Gasteiger partial charge on any atom is -0.449 e. The smallest absolute Gasteiger partial charge is 0.338 e. The summed E-state index contributed by atoms with van der Waals surface area (Å²) in [6.45, 7) is 6.11. The maximum atomic E-state index is 12.5. The van der Waals surface area contributed by atoms with Gasteiger partial charge in [-0.1, -0.05) is 43.2 Å². The number of nitrogens with zero attached hydrogens (tertiary/aromatic N) is 1. The number of aryl methyl sites for hydroxylation is 1. The molecule has 31 heavy (non-hydrogen) atoms. The Balaban J connectivity index is 1.61. The monoisotopic (exact) mass is 422 g/mol. The molecule has 0 spiro atoms. The highest BCUT2D eigenvalue weighted by Gasteiger charge is 2.35. The molecule has 1 heterocycles. The van der Waals surface area contributed by atoms with Crippen molar-refractivity contribution in [3.63, 3.8) is 0 Å². The van der Waals surface area contributed by atoms with Crippen molar-refractivity contribution in [1.82, 2.24) is 10.2 Å². The SMILES string of the molecule is CCCCN1C(=O)c2ccc(C(=O)O[C@H](C)C(=O)NCc3ccc(C)cc3)cc2C1=O. The molecule has 3 rings (SSSR count). The van der Waals surface area contributed by atoms with Crippen molar-refractivity contribution in [2.24, 2.45) is 0 Å². The molecule has 3 amide bonds. The first-order valence-electron chi connectivity index (χ1n) is 10.4. The Morgan fingerprint density at radius 3 is 2.39 bits per heavy atom. The first-order chi connectivity index (χ1) is 14.8. The Morgan fingerprint density at radius 1 is 1.03 bits per heavy atom. The van der Waals surface area contributed by atoms with E-state index in [4.69, 9.17) is 4.74 Å². The van der Waals surface area contributed by atoms with Gasteiger partial charge in [-0.25, -0.2) is 4.79 Å². The Morgan fingerprint density at radius 2 is 1.71 bits per heavy atom. The molecule has 0 unspecified atom stereocenters. The molecule has 2 aromatic carbocycles. The van der Waals surface area contributed by atoms with Crippen molar-refractivity contribution in [3.05, 3.63) is 70.3 Å². The molecule has 0 saturated carbocycles. The van der Waals surface area contributed by atoms with E-state index in [9.17, 15) is 19.2 Å². The van der Waals surface area contributed by atoms with E-state index in [1.54, 1.807) is 0 Å². The van der Waals surface area contributed by atoms with Gasteiger partial charge in [-0.3, -0.25) is 19.3 Å². The lowest BCUT2D eigenvalue weighted by Crippen LogP contribution is -2.35. The van der Waals surface area contributed by atoms with Gasteiger partial charge in [0.1, 0.15) is 0 Å². The zero-order valence-electron chi connectivity index (χ0n) is 17.9. The number of nitrogens with one attached hydrogen (secondary N) is 1. The van der Waals surface area contributed by atoms with Crippen LogP contribution in [0.4, 0.5) is 0 Å². The number of ether oxygens (including phenoxy) is 1. The fraction of sp³-hybridized carbons (Fsp3) is 0.333. The fourth-order valence-corrected chi connectivity index (χ4v) is 3.26. The van der Waals surface area contributed by atoms with Crippen LogP contribution in [-0.2, 0) is 16.1 Å². The van der Waals surface area contributed by atoms with Crippen molar-refractivity contribution in [2.45, 2.75) is 46.3 Å². The number of hydrogen-bond acceptors (Lipinski definition) is 5. The molecule has 0 aliphatic carbocycles. The number of benzene rings is 2. The van der Waals surface area contributed by atoms with Crippen LogP contribution in [0.1, 0.15) is 68.9 Å². The van der Waals surface area contributed by atoms with Gasteiger partial charge in [0, 0.05) is 13.1 Å². The van der Waals surface area contributed by atoms with E-state index in [1.165, 1.54) is 30.0 Å². The number of imide groups is 1. The van der Waals surface area contributed by atoms with Crippen LogP contribution in [0.3, 0.4) is 0 Å². The van der Waals surface area contributed by atoms with Crippen molar-refractivity contribution in [3.8, 4) is 0 Å². The predicted octanol–water partition coefficient (Wildman–Crippen LogP) is 3.25. The molecule has 0 fully saturated rings. The molecule has 7 nitrogen and oxygen atoms in total. The van der Waals surface area contributed by atoms with E-state index in [-0.39, 0.29) is 22.6 Å². The Hall–Kier alpha value is -3.48. The molecule has 1 aliphatic rings. The summed E-state index contributed by atoms with van der Waals surface area (Å²) < 4.78 is 5.26. The highest BCUT2D eigenvalue weighted by Crippen LogP contribution is 2.25. The Labute approximate surface area is 181 Å². The highest BCUT2D eigenvalue weighted by atomic mass is 16.5. The topological polar surface area (TPSA) is 92.8 Å². The molecule has 0 saturated heterocycles. The van der Waals surface area contributed by atoms with E-state index in [0.29, 0.717) is 13.1 Å². The second kappa shape index (κ2) is 9.55. The second-order valence-corrected chi connectivity index (χ2v) is 7.63. The van der Waals surface area contributed by atoms with Crippen LogP contribution in [0.15, 0.2) is 42.5 Å². The normalized spacial score (nSPS) is 13.7. The maximum Gasteiger partial charge on any atom is 0.338 e. The molecule has 2 aromatic rings. The molecule has 1 atom stereocenters. The van der Waals surface area contributed by atoms with Gasteiger partial charge in [0.25, 0.3) is 17.7 Å². The van der Waals surface area contributed by atoms with Crippen LogP contribution >= 0.6 is 0 Å². The summed E-state index contributed by atoms with van der Waals surface area (Å²) >= 11 is 0. The summed E-state index contributed by atoms with van der Waals surface area (Å²) in [7, 11) is 0. The third-order valence-electron chi connectivity index (χ3n) is 5.18. The quantitative estimate of drug-likeness (QED) is 0.521.